The molecule has 0 aromatic rings. The van der Waals surface area contributed by atoms with Crippen LogP contribution in [0, 0.1) is 11.3 Å². The Hall–Kier alpha value is -0.610. The molecule has 0 amide bonds. The Bertz CT molecular complexity index is 294. The van der Waals surface area contributed by atoms with Crippen molar-refractivity contribution in [2.24, 2.45) is 11.3 Å². The highest BCUT2D eigenvalue weighted by molar-refractivity contribution is 5.73. The lowest BCUT2D eigenvalue weighted by Crippen LogP contribution is -2.48. The Morgan fingerprint density at radius 3 is 2.11 bits per heavy atom. The summed E-state index contributed by atoms with van der Waals surface area (Å²) < 4.78 is 5.45. The summed E-state index contributed by atoms with van der Waals surface area (Å²) in [5.74, 6) is 0.0230. The molecule has 0 atom stereocenters. The van der Waals surface area contributed by atoms with E-state index in [4.69, 9.17) is 4.74 Å². The zero-order valence-electron chi connectivity index (χ0n) is 13.4. The van der Waals surface area contributed by atoms with Crippen LogP contribution < -0.4 is 5.43 Å². The molecule has 0 aromatic carbocycles. The number of carbonyl (C=O) groups is 1. The van der Waals surface area contributed by atoms with Crippen LogP contribution >= 0.6 is 0 Å². The SMILES string of the molecule is CC(C)(C)CNN1CCC(C(=O)OC(C)(C)C)CC1. The van der Waals surface area contributed by atoms with Gasteiger partial charge in [-0.05, 0) is 39.0 Å². The van der Waals surface area contributed by atoms with Gasteiger partial charge >= 0.3 is 5.97 Å². The Labute approximate surface area is 117 Å². The van der Waals surface area contributed by atoms with Crippen LogP contribution in [0.3, 0.4) is 0 Å². The molecule has 0 unspecified atom stereocenters. The first-order chi connectivity index (χ1) is 8.57. The van der Waals surface area contributed by atoms with Gasteiger partial charge < -0.3 is 4.74 Å². The maximum atomic E-state index is 12.0. The molecule has 1 N–H and O–H groups in total. The average molecular weight is 270 g/mol. The molecule has 1 aliphatic heterocycles. The van der Waals surface area contributed by atoms with Gasteiger partial charge in [-0.25, -0.2) is 5.01 Å². The first-order valence-electron chi connectivity index (χ1n) is 7.28. The number of hydrogen-bond donors (Lipinski definition) is 1. The third-order valence-corrected chi connectivity index (χ3v) is 3.07. The summed E-state index contributed by atoms with van der Waals surface area (Å²) in [6.45, 7) is 15.2. The number of nitrogens with zero attached hydrogens (tertiary/aromatic N) is 1. The van der Waals surface area contributed by atoms with E-state index in [0.29, 0.717) is 0 Å². The zero-order chi connectivity index (χ0) is 14.7. The van der Waals surface area contributed by atoms with E-state index in [1.54, 1.807) is 0 Å². The van der Waals surface area contributed by atoms with Crippen LogP contribution in [0.2, 0.25) is 0 Å². The molecule has 112 valence electrons. The third-order valence-electron chi connectivity index (χ3n) is 3.07. The van der Waals surface area contributed by atoms with Crippen molar-refractivity contribution in [2.45, 2.75) is 60.0 Å². The van der Waals surface area contributed by atoms with Crippen LogP contribution in [0.25, 0.3) is 0 Å². The molecule has 1 aliphatic rings. The monoisotopic (exact) mass is 270 g/mol. The van der Waals surface area contributed by atoms with Gasteiger partial charge in [-0.3, -0.25) is 10.2 Å². The number of hydrazine groups is 1. The third kappa shape index (κ3) is 6.92. The maximum absolute atomic E-state index is 12.0. The molecule has 1 heterocycles. The van der Waals surface area contributed by atoms with Crippen molar-refractivity contribution in [1.29, 1.82) is 0 Å². The van der Waals surface area contributed by atoms with Gasteiger partial charge in [0.2, 0.25) is 0 Å². The second kappa shape index (κ2) is 6.23. The molecule has 0 aliphatic carbocycles. The van der Waals surface area contributed by atoms with Crippen LogP contribution in [0.4, 0.5) is 0 Å². The summed E-state index contributed by atoms with van der Waals surface area (Å²) in [6.07, 6.45) is 1.76. The van der Waals surface area contributed by atoms with Crippen molar-refractivity contribution in [2.75, 3.05) is 19.6 Å². The highest BCUT2D eigenvalue weighted by Crippen LogP contribution is 2.21. The molecule has 0 bridgehead atoms. The van der Waals surface area contributed by atoms with Gasteiger partial charge in [0.15, 0.2) is 0 Å². The van der Waals surface area contributed by atoms with E-state index in [-0.39, 0.29) is 22.9 Å². The van der Waals surface area contributed by atoms with Crippen molar-refractivity contribution in [1.82, 2.24) is 10.4 Å². The Kier molecular flexibility index (Phi) is 5.39. The van der Waals surface area contributed by atoms with Gasteiger partial charge in [0, 0.05) is 19.6 Å². The number of esters is 1. The van der Waals surface area contributed by atoms with Crippen LogP contribution in [-0.2, 0) is 9.53 Å². The van der Waals surface area contributed by atoms with E-state index in [1.807, 2.05) is 20.8 Å². The lowest BCUT2D eigenvalue weighted by atomic mass is 9.96. The molecule has 1 saturated heterocycles. The summed E-state index contributed by atoms with van der Waals surface area (Å²) in [5.41, 5.74) is 3.35. The summed E-state index contributed by atoms with van der Waals surface area (Å²) >= 11 is 0. The Morgan fingerprint density at radius 1 is 1.16 bits per heavy atom. The van der Waals surface area contributed by atoms with E-state index >= 15 is 0 Å². The normalized spacial score (nSPS) is 19.5. The summed E-state index contributed by atoms with van der Waals surface area (Å²) in [6, 6.07) is 0. The number of ether oxygens (including phenoxy) is 1. The number of carbonyl (C=O) groups excluding carboxylic acids is 1. The quantitative estimate of drug-likeness (QED) is 0.800. The second-order valence-corrected chi connectivity index (χ2v) is 7.69. The van der Waals surface area contributed by atoms with Gasteiger partial charge in [-0.1, -0.05) is 20.8 Å². The minimum absolute atomic E-state index is 0.0389. The molecule has 0 spiro atoms. The van der Waals surface area contributed by atoms with Crippen LogP contribution in [0.15, 0.2) is 0 Å². The van der Waals surface area contributed by atoms with Crippen molar-refractivity contribution >= 4 is 5.97 Å². The van der Waals surface area contributed by atoms with E-state index in [2.05, 4.69) is 31.2 Å². The first-order valence-corrected chi connectivity index (χ1v) is 7.28. The molecule has 1 fully saturated rings. The highest BCUT2D eigenvalue weighted by Gasteiger charge is 2.29. The molecule has 4 nitrogen and oxygen atoms in total. The lowest BCUT2D eigenvalue weighted by Gasteiger charge is -2.34. The minimum atomic E-state index is -0.376. The van der Waals surface area contributed by atoms with Crippen molar-refractivity contribution < 1.29 is 9.53 Å². The first kappa shape index (κ1) is 16.4. The maximum Gasteiger partial charge on any atom is 0.309 e. The van der Waals surface area contributed by atoms with Crippen molar-refractivity contribution in [3.8, 4) is 0 Å². The van der Waals surface area contributed by atoms with Crippen molar-refractivity contribution in [3.63, 3.8) is 0 Å². The molecular weight excluding hydrogens is 240 g/mol. The largest absolute Gasteiger partial charge is 0.460 e. The van der Waals surface area contributed by atoms with Crippen LogP contribution in [0.5, 0.6) is 0 Å². The molecule has 0 saturated carbocycles. The predicted molar refractivity (Wildman–Crippen MR) is 77.6 cm³/mol. The summed E-state index contributed by atoms with van der Waals surface area (Å²) in [7, 11) is 0. The highest BCUT2D eigenvalue weighted by atomic mass is 16.6. The Balaban J connectivity index is 2.31. The second-order valence-electron chi connectivity index (χ2n) is 7.69. The summed E-state index contributed by atoms with van der Waals surface area (Å²) in [5, 5.41) is 2.23. The van der Waals surface area contributed by atoms with Crippen LogP contribution in [0.1, 0.15) is 54.4 Å². The Morgan fingerprint density at radius 2 is 1.68 bits per heavy atom. The predicted octanol–water partition coefficient (Wildman–Crippen LogP) is 2.59. The fourth-order valence-electron chi connectivity index (χ4n) is 2.01. The summed E-state index contributed by atoms with van der Waals surface area (Å²) in [4.78, 5) is 12.0. The van der Waals surface area contributed by atoms with E-state index < -0.39 is 0 Å². The van der Waals surface area contributed by atoms with E-state index in [0.717, 1.165) is 32.5 Å². The molecule has 0 aromatic heterocycles. The standard InChI is InChI=1S/C15H30N2O2/c1-14(2,3)11-16-17-9-7-12(8-10-17)13(18)19-15(4,5)6/h12,16H,7-11H2,1-6H3. The molecular formula is C15H30N2O2. The van der Waals surface area contributed by atoms with Gasteiger partial charge in [0.25, 0.3) is 0 Å². The van der Waals surface area contributed by atoms with Gasteiger partial charge in [0.1, 0.15) is 5.60 Å². The topological polar surface area (TPSA) is 41.6 Å². The van der Waals surface area contributed by atoms with E-state index in [1.165, 1.54) is 0 Å². The molecule has 19 heavy (non-hydrogen) atoms. The van der Waals surface area contributed by atoms with Crippen molar-refractivity contribution in [3.05, 3.63) is 0 Å². The molecule has 1 rings (SSSR count). The molecule has 4 heteroatoms. The van der Waals surface area contributed by atoms with E-state index in [9.17, 15) is 4.79 Å². The molecule has 0 radical (unpaired) electrons. The number of piperidine rings is 1. The fraction of sp³-hybridized carbons (Fsp3) is 0.933. The minimum Gasteiger partial charge on any atom is -0.460 e. The zero-order valence-corrected chi connectivity index (χ0v) is 13.4. The number of nitrogens with one attached hydrogen (secondary N) is 1. The van der Waals surface area contributed by atoms with Gasteiger partial charge in [-0.15, -0.1) is 0 Å². The number of rotatable bonds is 3. The lowest BCUT2D eigenvalue weighted by molar-refractivity contribution is -0.161. The van der Waals surface area contributed by atoms with Crippen LogP contribution in [-0.4, -0.2) is 36.2 Å². The average Bonchev–Trinajstić information content (AvgIpc) is 2.23. The number of hydrogen-bond acceptors (Lipinski definition) is 4. The fourth-order valence-corrected chi connectivity index (χ4v) is 2.01. The van der Waals surface area contributed by atoms with Gasteiger partial charge in [-0.2, -0.15) is 0 Å². The smallest absolute Gasteiger partial charge is 0.309 e. The van der Waals surface area contributed by atoms with Gasteiger partial charge in [0.05, 0.1) is 5.92 Å².